The Hall–Kier alpha value is -6.64. The first-order chi connectivity index (χ1) is 24.8. The minimum Gasteiger partial charge on any atom is -0.456 e. The minimum absolute atomic E-state index is 0.834. The van der Waals surface area contributed by atoms with Crippen molar-refractivity contribution >= 4 is 76.2 Å². The molecule has 0 aliphatic rings. The van der Waals surface area contributed by atoms with E-state index in [9.17, 15) is 0 Å². The molecular weight excluding hydrogens is 609 g/mol. The summed E-state index contributed by atoms with van der Waals surface area (Å²) in [7, 11) is 0. The number of fused-ring (bicyclic) bond motifs is 10. The van der Waals surface area contributed by atoms with Crippen LogP contribution in [0.5, 0.6) is 0 Å². The number of rotatable bonds is 3. The summed E-state index contributed by atoms with van der Waals surface area (Å²) >= 11 is 0. The van der Waals surface area contributed by atoms with Crippen molar-refractivity contribution in [1.29, 1.82) is 0 Å². The molecule has 9 aromatic carbocycles. The van der Waals surface area contributed by atoms with Crippen LogP contribution < -0.4 is 0 Å². The lowest BCUT2D eigenvalue weighted by Gasteiger charge is -2.18. The van der Waals surface area contributed by atoms with Gasteiger partial charge in [-0.25, -0.2) is 0 Å². The van der Waals surface area contributed by atoms with Crippen molar-refractivity contribution in [2.24, 2.45) is 0 Å². The van der Waals surface area contributed by atoms with Gasteiger partial charge in [-0.3, -0.25) is 0 Å². The maximum atomic E-state index is 6.38. The molecule has 232 valence electrons. The van der Waals surface area contributed by atoms with Crippen molar-refractivity contribution < 1.29 is 8.83 Å². The largest absolute Gasteiger partial charge is 0.456 e. The first-order valence-corrected chi connectivity index (χ1v) is 17.1. The lowest BCUT2D eigenvalue weighted by atomic mass is 9.86. The highest BCUT2D eigenvalue weighted by molar-refractivity contribution is 6.23. The van der Waals surface area contributed by atoms with Crippen molar-refractivity contribution in [2.45, 2.75) is 0 Å². The Balaban J connectivity index is 1.06. The zero-order chi connectivity index (χ0) is 32.8. The molecule has 0 fully saturated rings. The van der Waals surface area contributed by atoms with E-state index in [1.807, 2.05) is 6.07 Å². The standard InChI is InChI=1S/C48H28O2/c1-2-11-31(12-3-1)46-35-14-6-8-16-37(35)47(38-17-9-7-15-36(38)46)32-20-18-29(19-21-32)33-23-24-42-39(26-33)40-27-41-45(28-44(40)49-42)50-43-25-22-30-10-4-5-13-34(30)48(41)43/h1-28H. The Bertz CT molecular complexity index is 3070. The fourth-order valence-electron chi connectivity index (χ4n) is 8.18. The summed E-state index contributed by atoms with van der Waals surface area (Å²) in [5, 5.41) is 11.9. The SMILES string of the molecule is c1ccc(-c2c3ccccc3c(-c3ccc(-c4ccc5oc6cc7oc8ccc9ccccc9c8c7cc6c5c4)cc3)c3ccccc23)cc1. The summed E-state index contributed by atoms with van der Waals surface area (Å²) in [6.45, 7) is 0. The number of benzene rings is 9. The Kier molecular flexibility index (Phi) is 5.70. The van der Waals surface area contributed by atoms with Gasteiger partial charge < -0.3 is 8.83 Å². The molecule has 11 aromatic rings. The fourth-order valence-corrected chi connectivity index (χ4v) is 8.18. The van der Waals surface area contributed by atoms with Gasteiger partial charge in [0.25, 0.3) is 0 Å². The molecule has 11 rings (SSSR count). The summed E-state index contributed by atoms with van der Waals surface area (Å²) < 4.78 is 12.7. The molecule has 0 spiro atoms. The molecule has 0 saturated carbocycles. The number of furan rings is 2. The fraction of sp³-hybridized carbons (Fsp3) is 0. The topological polar surface area (TPSA) is 26.3 Å². The zero-order valence-electron chi connectivity index (χ0n) is 27.0. The van der Waals surface area contributed by atoms with Crippen LogP contribution in [0.3, 0.4) is 0 Å². The molecule has 0 bridgehead atoms. The third-order valence-corrected chi connectivity index (χ3v) is 10.5. The Morgan fingerprint density at radius 2 is 0.760 bits per heavy atom. The monoisotopic (exact) mass is 636 g/mol. The molecular formula is C48H28O2. The van der Waals surface area contributed by atoms with Gasteiger partial charge in [0.2, 0.25) is 0 Å². The van der Waals surface area contributed by atoms with E-state index >= 15 is 0 Å². The van der Waals surface area contributed by atoms with Crippen molar-refractivity contribution in [1.82, 2.24) is 0 Å². The summed E-state index contributed by atoms with van der Waals surface area (Å²) in [4.78, 5) is 0. The van der Waals surface area contributed by atoms with E-state index in [-0.39, 0.29) is 0 Å². The predicted molar refractivity (Wildman–Crippen MR) is 210 cm³/mol. The Morgan fingerprint density at radius 3 is 1.46 bits per heavy atom. The summed E-state index contributed by atoms with van der Waals surface area (Å²) in [6.07, 6.45) is 0. The average Bonchev–Trinajstić information content (AvgIpc) is 3.73. The molecule has 2 heterocycles. The van der Waals surface area contributed by atoms with Crippen molar-refractivity contribution in [3.63, 3.8) is 0 Å². The molecule has 0 aliphatic carbocycles. The predicted octanol–water partition coefficient (Wildman–Crippen LogP) is 13.9. The average molecular weight is 637 g/mol. The molecule has 0 saturated heterocycles. The van der Waals surface area contributed by atoms with Gasteiger partial charge in [0, 0.05) is 27.6 Å². The Morgan fingerprint density at radius 1 is 0.260 bits per heavy atom. The van der Waals surface area contributed by atoms with Gasteiger partial charge in [-0.15, -0.1) is 0 Å². The molecule has 0 aliphatic heterocycles. The van der Waals surface area contributed by atoms with E-state index in [1.165, 1.54) is 60.1 Å². The quantitative estimate of drug-likeness (QED) is 0.180. The lowest BCUT2D eigenvalue weighted by molar-refractivity contribution is 0.656. The second kappa shape index (κ2) is 10.4. The van der Waals surface area contributed by atoms with Crippen LogP contribution in [0.25, 0.3) is 110 Å². The molecule has 0 atom stereocenters. The first-order valence-electron chi connectivity index (χ1n) is 17.1. The first kappa shape index (κ1) is 27.3. The van der Waals surface area contributed by atoms with E-state index in [1.54, 1.807) is 0 Å². The van der Waals surface area contributed by atoms with Crippen LogP contribution in [-0.4, -0.2) is 0 Å². The van der Waals surface area contributed by atoms with Gasteiger partial charge in [-0.1, -0.05) is 140 Å². The van der Waals surface area contributed by atoms with E-state index in [0.29, 0.717) is 0 Å². The summed E-state index contributed by atoms with van der Waals surface area (Å²) in [6, 6.07) is 61.0. The van der Waals surface area contributed by atoms with Gasteiger partial charge in [0.1, 0.15) is 22.3 Å². The van der Waals surface area contributed by atoms with Gasteiger partial charge in [0.05, 0.1) is 0 Å². The van der Waals surface area contributed by atoms with E-state index < -0.39 is 0 Å². The van der Waals surface area contributed by atoms with Gasteiger partial charge in [-0.05, 0) is 90.0 Å². The van der Waals surface area contributed by atoms with E-state index in [4.69, 9.17) is 8.83 Å². The molecule has 2 aromatic heterocycles. The smallest absolute Gasteiger partial charge is 0.139 e. The van der Waals surface area contributed by atoms with Gasteiger partial charge >= 0.3 is 0 Å². The zero-order valence-corrected chi connectivity index (χ0v) is 27.0. The van der Waals surface area contributed by atoms with Crippen molar-refractivity contribution in [3.8, 4) is 33.4 Å². The summed E-state index contributed by atoms with van der Waals surface area (Å²) in [5.74, 6) is 0. The third kappa shape index (κ3) is 3.96. The molecule has 0 radical (unpaired) electrons. The third-order valence-electron chi connectivity index (χ3n) is 10.5. The van der Waals surface area contributed by atoms with Crippen LogP contribution in [-0.2, 0) is 0 Å². The summed E-state index contributed by atoms with van der Waals surface area (Å²) in [5.41, 5.74) is 10.8. The molecule has 0 amide bonds. The van der Waals surface area contributed by atoms with Crippen molar-refractivity contribution in [2.75, 3.05) is 0 Å². The van der Waals surface area contributed by atoms with Crippen molar-refractivity contribution in [3.05, 3.63) is 170 Å². The van der Waals surface area contributed by atoms with E-state index in [0.717, 1.165) is 49.4 Å². The van der Waals surface area contributed by atoms with E-state index in [2.05, 4.69) is 164 Å². The van der Waals surface area contributed by atoms with Crippen LogP contribution in [0.1, 0.15) is 0 Å². The highest BCUT2D eigenvalue weighted by Crippen LogP contribution is 2.44. The van der Waals surface area contributed by atoms with Gasteiger partial charge in [0.15, 0.2) is 0 Å². The van der Waals surface area contributed by atoms with Crippen LogP contribution in [0.15, 0.2) is 179 Å². The van der Waals surface area contributed by atoms with Crippen LogP contribution in [0, 0.1) is 0 Å². The minimum atomic E-state index is 0.834. The maximum absolute atomic E-state index is 6.38. The second-order valence-corrected chi connectivity index (χ2v) is 13.2. The highest BCUT2D eigenvalue weighted by Gasteiger charge is 2.18. The molecule has 0 unspecified atom stereocenters. The van der Waals surface area contributed by atoms with Crippen LogP contribution in [0.2, 0.25) is 0 Å². The molecule has 2 heteroatoms. The van der Waals surface area contributed by atoms with Gasteiger partial charge in [-0.2, -0.15) is 0 Å². The number of hydrogen-bond donors (Lipinski definition) is 0. The Labute approximate surface area is 287 Å². The second-order valence-electron chi connectivity index (χ2n) is 13.2. The molecule has 2 nitrogen and oxygen atoms in total. The molecule has 50 heavy (non-hydrogen) atoms. The number of hydrogen-bond acceptors (Lipinski definition) is 2. The normalized spacial score (nSPS) is 12.0. The van der Waals surface area contributed by atoms with Crippen LogP contribution >= 0.6 is 0 Å². The highest BCUT2D eigenvalue weighted by atomic mass is 16.3. The van der Waals surface area contributed by atoms with Crippen LogP contribution in [0.4, 0.5) is 0 Å². The molecule has 0 N–H and O–H groups in total. The maximum Gasteiger partial charge on any atom is 0.139 e. The lowest BCUT2D eigenvalue weighted by Crippen LogP contribution is -1.90.